The normalized spacial score (nSPS) is 29.8. The van der Waals surface area contributed by atoms with Gasteiger partial charge >= 0.3 is 5.97 Å². The van der Waals surface area contributed by atoms with Crippen molar-refractivity contribution in [1.82, 2.24) is 4.90 Å². The molecule has 2 aliphatic carbocycles. The molecular weight excluding hydrogens is 218 g/mol. The molecule has 0 aromatic heterocycles. The fourth-order valence-electron chi connectivity index (χ4n) is 2.74. The van der Waals surface area contributed by atoms with Crippen LogP contribution >= 0.6 is 0 Å². The number of carbonyl (C=O) groups is 2. The summed E-state index contributed by atoms with van der Waals surface area (Å²) in [6.07, 6.45) is 2.42. The summed E-state index contributed by atoms with van der Waals surface area (Å²) in [6.45, 7) is 7.21. The van der Waals surface area contributed by atoms with Gasteiger partial charge in [-0.25, -0.2) is 0 Å². The lowest BCUT2D eigenvalue weighted by Gasteiger charge is -2.21. The number of hydrogen-bond acceptors (Lipinski definition) is 2. The Morgan fingerprint density at radius 2 is 1.88 bits per heavy atom. The van der Waals surface area contributed by atoms with Crippen molar-refractivity contribution in [2.24, 2.45) is 23.2 Å². The number of amides is 1. The molecule has 0 bridgehead atoms. The third-order valence-corrected chi connectivity index (χ3v) is 4.23. The first-order valence-electron chi connectivity index (χ1n) is 6.41. The molecule has 96 valence electrons. The van der Waals surface area contributed by atoms with Crippen LogP contribution in [0.25, 0.3) is 0 Å². The molecule has 2 saturated carbocycles. The highest BCUT2D eigenvalue weighted by molar-refractivity contribution is 5.91. The predicted octanol–water partition coefficient (Wildman–Crippen LogP) is 1.60. The second kappa shape index (κ2) is 4.00. The maximum Gasteiger partial charge on any atom is 0.307 e. The smallest absolute Gasteiger partial charge is 0.307 e. The van der Waals surface area contributed by atoms with E-state index in [0.29, 0.717) is 12.5 Å². The molecule has 2 atom stereocenters. The predicted molar refractivity (Wildman–Crippen MR) is 63.4 cm³/mol. The number of rotatable bonds is 5. The molecule has 1 amide bonds. The van der Waals surface area contributed by atoms with Crippen molar-refractivity contribution in [2.45, 2.75) is 33.6 Å². The monoisotopic (exact) mass is 239 g/mol. The number of carboxylic acids is 1. The summed E-state index contributed by atoms with van der Waals surface area (Å²) < 4.78 is 0. The molecule has 4 heteroatoms. The van der Waals surface area contributed by atoms with E-state index in [4.69, 9.17) is 5.11 Å². The van der Waals surface area contributed by atoms with E-state index in [1.54, 1.807) is 0 Å². The number of hydrogen-bond donors (Lipinski definition) is 1. The minimum Gasteiger partial charge on any atom is -0.481 e. The lowest BCUT2D eigenvalue weighted by molar-refractivity contribution is -0.142. The summed E-state index contributed by atoms with van der Waals surface area (Å²) in [5.41, 5.74) is -0.375. The number of nitrogens with zero attached hydrogens (tertiary/aromatic N) is 1. The Labute approximate surface area is 102 Å². The van der Waals surface area contributed by atoms with E-state index in [1.165, 1.54) is 12.8 Å². The van der Waals surface area contributed by atoms with E-state index < -0.39 is 11.9 Å². The molecule has 0 radical (unpaired) electrons. The topological polar surface area (TPSA) is 57.6 Å². The average Bonchev–Trinajstić information content (AvgIpc) is 3.10. The third kappa shape index (κ3) is 2.17. The Bertz CT molecular complexity index is 347. The van der Waals surface area contributed by atoms with Crippen LogP contribution in [0.15, 0.2) is 0 Å². The molecule has 1 N–H and O–H groups in total. The molecular formula is C13H21NO3. The van der Waals surface area contributed by atoms with E-state index in [0.717, 1.165) is 6.54 Å². The molecule has 0 unspecified atom stereocenters. The first-order valence-corrected chi connectivity index (χ1v) is 6.41. The third-order valence-electron chi connectivity index (χ3n) is 4.23. The second-order valence-electron chi connectivity index (χ2n) is 5.94. The van der Waals surface area contributed by atoms with Crippen LogP contribution < -0.4 is 0 Å². The maximum atomic E-state index is 12.3. The van der Waals surface area contributed by atoms with Gasteiger partial charge in [-0.3, -0.25) is 9.59 Å². The van der Waals surface area contributed by atoms with Gasteiger partial charge in [-0.15, -0.1) is 0 Å². The van der Waals surface area contributed by atoms with Crippen LogP contribution in [-0.4, -0.2) is 35.0 Å². The van der Waals surface area contributed by atoms with Crippen LogP contribution in [0, 0.1) is 23.2 Å². The summed E-state index contributed by atoms with van der Waals surface area (Å²) in [6, 6.07) is 0. The Kier molecular flexibility index (Phi) is 2.92. The van der Waals surface area contributed by atoms with E-state index in [9.17, 15) is 9.59 Å². The van der Waals surface area contributed by atoms with E-state index >= 15 is 0 Å². The molecule has 2 rings (SSSR count). The van der Waals surface area contributed by atoms with Gasteiger partial charge in [0.2, 0.25) is 5.91 Å². The first kappa shape index (κ1) is 12.4. The highest BCUT2D eigenvalue weighted by Gasteiger charge is 2.66. The Morgan fingerprint density at radius 3 is 2.24 bits per heavy atom. The quantitative estimate of drug-likeness (QED) is 0.792. The van der Waals surface area contributed by atoms with E-state index in [-0.39, 0.29) is 17.2 Å². The zero-order valence-electron chi connectivity index (χ0n) is 10.8. The summed E-state index contributed by atoms with van der Waals surface area (Å²) in [4.78, 5) is 25.2. The fraction of sp³-hybridized carbons (Fsp3) is 0.846. The van der Waals surface area contributed by atoms with Gasteiger partial charge < -0.3 is 10.0 Å². The minimum absolute atomic E-state index is 0.0387. The van der Waals surface area contributed by atoms with Crippen LogP contribution in [0.4, 0.5) is 0 Å². The van der Waals surface area contributed by atoms with Crippen molar-refractivity contribution >= 4 is 11.9 Å². The van der Waals surface area contributed by atoms with Gasteiger partial charge in [-0.05, 0) is 31.1 Å². The van der Waals surface area contributed by atoms with E-state index in [1.807, 2.05) is 25.7 Å². The van der Waals surface area contributed by atoms with Crippen molar-refractivity contribution in [3.05, 3.63) is 0 Å². The Balaban J connectivity index is 2.01. The molecule has 4 nitrogen and oxygen atoms in total. The largest absolute Gasteiger partial charge is 0.481 e. The molecule has 0 aromatic rings. The zero-order valence-corrected chi connectivity index (χ0v) is 10.8. The van der Waals surface area contributed by atoms with Crippen molar-refractivity contribution in [3.8, 4) is 0 Å². The summed E-state index contributed by atoms with van der Waals surface area (Å²) in [5, 5.41) is 9.09. The highest BCUT2D eigenvalue weighted by Crippen LogP contribution is 2.59. The molecule has 0 spiro atoms. The SMILES string of the molecule is CCN(CC1CC1)C(=O)[C@H]1[C@@H](C(=O)O)C1(C)C. The van der Waals surface area contributed by atoms with Gasteiger partial charge in [-0.2, -0.15) is 0 Å². The van der Waals surface area contributed by atoms with Crippen LogP contribution in [0.3, 0.4) is 0 Å². The standard InChI is InChI=1S/C13H21NO3/c1-4-14(7-8-5-6-8)11(15)9-10(12(16)17)13(9,2)3/h8-10H,4-7H2,1-3H3,(H,16,17)/t9-,10+/m1/s1. The average molecular weight is 239 g/mol. The molecule has 2 aliphatic rings. The summed E-state index contributed by atoms with van der Waals surface area (Å²) >= 11 is 0. The van der Waals surface area contributed by atoms with Gasteiger partial charge in [-0.1, -0.05) is 13.8 Å². The van der Waals surface area contributed by atoms with E-state index in [2.05, 4.69) is 0 Å². The van der Waals surface area contributed by atoms with Gasteiger partial charge in [0.1, 0.15) is 0 Å². The fourth-order valence-corrected chi connectivity index (χ4v) is 2.74. The second-order valence-corrected chi connectivity index (χ2v) is 5.94. The lowest BCUT2D eigenvalue weighted by Crippen LogP contribution is -2.35. The van der Waals surface area contributed by atoms with Crippen LogP contribution in [0.1, 0.15) is 33.6 Å². The maximum absolute atomic E-state index is 12.3. The van der Waals surface area contributed by atoms with Crippen molar-refractivity contribution in [2.75, 3.05) is 13.1 Å². The molecule has 0 heterocycles. The zero-order chi connectivity index (χ0) is 12.8. The number of carbonyl (C=O) groups excluding carboxylic acids is 1. The van der Waals surface area contributed by atoms with Gasteiger partial charge in [0, 0.05) is 13.1 Å². The van der Waals surface area contributed by atoms with Gasteiger partial charge in [0.15, 0.2) is 0 Å². The molecule has 0 saturated heterocycles. The molecule has 0 aliphatic heterocycles. The molecule has 0 aromatic carbocycles. The summed E-state index contributed by atoms with van der Waals surface area (Å²) in [7, 11) is 0. The van der Waals surface area contributed by atoms with Crippen molar-refractivity contribution in [3.63, 3.8) is 0 Å². The summed E-state index contributed by atoms with van der Waals surface area (Å²) in [5.74, 6) is -0.960. The minimum atomic E-state index is -0.837. The van der Waals surface area contributed by atoms with Crippen LogP contribution in [0.5, 0.6) is 0 Å². The molecule has 17 heavy (non-hydrogen) atoms. The van der Waals surface area contributed by atoms with Gasteiger partial charge in [0.25, 0.3) is 0 Å². The van der Waals surface area contributed by atoms with Gasteiger partial charge in [0.05, 0.1) is 11.8 Å². The highest BCUT2D eigenvalue weighted by atomic mass is 16.4. The molecule has 2 fully saturated rings. The first-order chi connectivity index (χ1) is 7.89. The van der Waals surface area contributed by atoms with Crippen LogP contribution in [0.2, 0.25) is 0 Å². The lowest BCUT2D eigenvalue weighted by atomic mass is 10.1. The Hall–Kier alpha value is -1.06. The van der Waals surface area contributed by atoms with Crippen LogP contribution in [-0.2, 0) is 9.59 Å². The Morgan fingerprint density at radius 1 is 1.29 bits per heavy atom. The number of carboxylic acid groups (broad SMARTS) is 1. The number of aliphatic carboxylic acids is 1. The van der Waals surface area contributed by atoms with Crippen molar-refractivity contribution < 1.29 is 14.7 Å². The van der Waals surface area contributed by atoms with Crippen molar-refractivity contribution in [1.29, 1.82) is 0 Å².